The number of fused-ring (bicyclic) bond motifs is 2. The Morgan fingerprint density at radius 3 is 2.61 bits per heavy atom. The average Bonchev–Trinajstić information content (AvgIpc) is 3.09. The topological polar surface area (TPSA) is 35.6 Å². The van der Waals surface area contributed by atoms with Crippen LogP contribution in [-0.4, -0.2) is 30.6 Å². The lowest BCUT2D eigenvalue weighted by molar-refractivity contribution is 0.160. The number of amides is 2. The first kappa shape index (κ1) is 21.9. The van der Waals surface area contributed by atoms with Crippen molar-refractivity contribution in [3.05, 3.63) is 94.3 Å². The quantitative estimate of drug-likeness (QED) is 0.489. The van der Waals surface area contributed by atoms with E-state index in [1.807, 2.05) is 29.2 Å². The molecular weight excluding hydrogens is 437 g/mol. The first-order chi connectivity index (χ1) is 15.9. The molecule has 1 spiro atoms. The van der Waals surface area contributed by atoms with Crippen molar-refractivity contribution in [3.8, 4) is 0 Å². The molecule has 5 rings (SSSR count). The van der Waals surface area contributed by atoms with Crippen molar-refractivity contribution in [2.75, 3.05) is 29.9 Å². The van der Waals surface area contributed by atoms with Crippen LogP contribution in [0.1, 0.15) is 29.5 Å². The van der Waals surface area contributed by atoms with Crippen LogP contribution in [0.4, 0.5) is 20.6 Å². The van der Waals surface area contributed by atoms with E-state index >= 15 is 0 Å². The molecule has 2 aliphatic rings. The van der Waals surface area contributed by atoms with Crippen LogP contribution in [0.15, 0.2) is 66.7 Å². The van der Waals surface area contributed by atoms with Crippen LogP contribution in [0.2, 0.25) is 5.02 Å². The zero-order chi connectivity index (χ0) is 23.0. The van der Waals surface area contributed by atoms with E-state index in [0.717, 1.165) is 43.2 Å². The zero-order valence-electron chi connectivity index (χ0n) is 18.7. The summed E-state index contributed by atoms with van der Waals surface area (Å²) in [5.41, 5.74) is 5.02. The summed E-state index contributed by atoms with van der Waals surface area (Å²) in [6.45, 7) is 5.52. The fourth-order valence-electron chi connectivity index (χ4n) is 5.18. The monoisotopic (exact) mass is 463 g/mol. The fourth-order valence-corrected chi connectivity index (χ4v) is 5.39. The van der Waals surface area contributed by atoms with Crippen LogP contribution in [0.25, 0.3) is 0 Å². The summed E-state index contributed by atoms with van der Waals surface area (Å²) in [4.78, 5) is 17.5. The van der Waals surface area contributed by atoms with Gasteiger partial charge in [0.05, 0.1) is 0 Å². The largest absolute Gasteiger partial charge is 0.326 e. The van der Waals surface area contributed by atoms with E-state index < -0.39 is 0 Å². The molecule has 2 heterocycles. The molecule has 1 saturated heterocycles. The van der Waals surface area contributed by atoms with E-state index in [9.17, 15) is 9.18 Å². The average molecular weight is 464 g/mol. The summed E-state index contributed by atoms with van der Waals surface area (Å²) in [7, 11) is 0. The number of likely N-dealkylation sites (tertiary alicyclic amines) is 1. The number of urea groups is 1. The van der Waals surface area contributed by atoms with Gasteiger partial charge in [0, 0.05) is 34.9 Å². The first-order valence-electron chi connectivity index (χ1n) is 11.3. The number of aryl methyl sites for hydroxylation is 1. The van der Waals surface area contributed by atoms with Crippen LogP contribution in [0, 0.1) is 12.7 Å². The molecular formula is C27H27ClFN3O. The maximum Gasteiger partial charge on any atom is 0.326 e. The third kappa shape index (κ3) is 4.48. The second kappa shape index (κ2) is 8.81. The number of hydrogen-bond acceptors (Lipinski definition) is 2. The van der Waals surface area contributed by atoms with Gasteiger partial charge in [-0.2, -0.15) is 0 Å². The predicted octanol–water partition coefficient (Wildman–Crippen LogP) is 6.37. The minimum Gasteiger partial charge on any atom is -0.307 e. The molecule has 33 heavy (non-hydrogen) atoms. The van der Waals surface area contributed by atoms with Gasteiger partial charge in [-0.05, 0) is 80.4 Å². The van der Waals surface area contributed by atoms with Crippen molar-refractivity contribution in [2.45, 2.75) is 31.7 Å². The minimum atomic E-state index is -0.367. The number of carbonyl (C=O) groups is 1. The molecule has 3 aromatic rings. The Bertz CT molecular complexity index is 1190. The zero-order valence-corrected chi connectivity index (χ0v) is 19.4. The van der Waals surface area contributed by atoms with Crippen molar-refractivity contribution in [1.82, 2.24) is 4.90 Å². The van der Waals surface area contributed by atoms with Crippen molar-refractivity contribution in [2.24, 2.45) is 0 Å². The summed E-state index contributed by atoms with van der Waals surface area (Å²) in [5.74, 6) is -0.367. The lowest BCUT2D eigenvalue weighted by Crippen LogP contribution is -2.46. The number of benzene rings is 3. The number of rotatable bonds is 3. The molecule has 1 fully saturated rings. The van der Waals surface area contributed by atoms with Crippen molar-refractivity contribution < 1.29 is 9.18 Å². The third-order valence-corrected chi connectivity index (χ3v) is 7.14. The number of carbonyl (C=O) groups excluding carboxylic acids is 1. The van der Waals surface area contributed by atoms with Gasteiger partial charge in [-0.1, -0.05) is 47.5 Å². The van der Waals surface area contributed by atoms with E-state index in [1.165, 1.54) is 28.8 Å². The standard InChI is InChI=1S/C27H27ClFN3O/c1-19-8-9-25-24(14-19)27(18-32(25)26(33)30-23-7-3-6-22(29)16-23)10-12-31(13-11-27)17-20-4-2-5-21(28)15-20/h2-9,14-16H,10-13,17-18H2,1H3,(H,30,33). The van der Waals surface area contributed by atoms with Gasteiger partial charge in [0.15, 0.2) is 0 Å². The second-order valence-electron chi connectivity index (χ2n) is 9.23. The molecule has 0 atom stereocenters. The molecule has 6 heteroatoms. The third-order valence-electron chi connectivity index (χ3n) is 6.90. The molecule has 4 nitrogen and oxygen atoms in total. The van der Waals surface area contributed by atoms with Crippen LogP contribution in [-0.2, 0) is 12.0 Å². The Morgan fingerprint density at radius 2 is 1.85 bits per heavy atom. The molecule has 2 amide bonds. The van der Waals surface area contributed by atoms with Crippen molar-refractivity contribution in [3.63, 3.8) is 0 Å². The van der Waals surface area contributed by atoms with E-state index in [4.69, 9.17) is 11.6 Å². The predicted molar refractivity (Wildman–Crippen MR) is 132 cm³/mol. The minimum absolute atomic E-state index is 0.0640. The highest BCUT2D eigenvalue weighted by Gasteiger charge is 2.46. The second-order valence-corrected chi connectivity index (χ2v) is 9.67. The lowest BCUT2D eigenvalue weighted by atomic mass is 9.74. The smallest absolute Gasteiger partial charge is 0.307 e. The van der Waals surface area contributed by atoms with Gasteiger partial charge in [-0.15, -0.1) is 0 Å². The van der Waals surface area contributed by atoms with Crippen molar-refractivity contribution in [1.29, 1.82) is 0 Å². The van der Waals surface area contributed by atoms with Gasteiger partial charge in [0.2, 0.25) is 0 Å². The van der Waals surface area contributed by atoms with Crippen LogP contribution >= 0.6 is 11.6 Å². The maximum atomic E-state index is 13.6. The molecule has 0 aliphatic carbocycles. The Hall–Kier alpha value is -2.89. The van der Waals surface area contributed by atoms with Crippen LogP contribution in [0.5, 0.6) is 0 Å². The van der Waals surface area contributed by atoms with E-state index in [0.29, 0.717) is 12.2 Å². The Labute approximate surface area is 199 Å². The van der Waals surface area contributed by atoms with Gasteiger partial charge >= 0.3 is 6.03 Å². The molecule has 3 aromatic carbocycles. The van der Waals surface area contributed by atoms with Crippen molar-refractivity contribution >= 4 is 29.0 Å². The van der Waals surface area contributed by atoms with Gasteiger partial charge in [-0.25, -0.2) is 9.18 Å². The number of hydrogen-bond donors (Lipinski definition) is 1. The molecule has 0 aromatic heterocycles. The van der Waals surface area contributed by atoms with Gasteiger partial charge in [0.25, 0.3) is 0 Å². The number of anilines is 2. The molecule has 0 bridgehead atoms. The van der Waals surface area contributed by atoms with E-state index in [-0.39, 0.29) is 17.3 Å². The summed E-state index contributed by atoms with van der Waals surface area (Å²) in [6, 6.07) is 20.2. The summed E-state index contributed by atoms with van der Waals surface area (Å²) in [5, 5.41) is 3.64. The molecule has 1 N–H and O–H groups in total. The lowest BCUT2D eigenvalue weighted by Gasteiger charge is -2.40. The molecule has 0 radical (unpaired) electrons. The number of halogens is 2. The summed E-state index contributed by atoms with van der Waals surface area (Å²) < 4.78 is 13.6. The Balaban J connectivity index is 1.35. The highest BCUT2D eigenvalue weighted by molar-refractivity contribution is 6.30. The maximum absolute atomic E-state index is 13.6. The number of nitrogens with one attached hydrogen (secondary N) is 1. The van der Waals surface area contributed by atoms with Crippen LogP contribution in [0.3, 0.4) is 0 Å². The molecule has 2 aliphatic heterocycles. The number of nitrogens with zero attached hydrogens (tertiary/aromatic N) is 2. The van der Waals surface area contributed by atoms with Gasteiger partial charge in [0.1, 0.15) is 5.82 Å². The summed E-state index contributed by atoms with van der Waals surface area (Å²) >= 11 is 6.16. The Kier molecular flexibility index (Phi) is 5.85. The highest BCUT2D eigenvalue weighted by Crippen LogP contribution is 2.47. The number of piperidine rings is 1. The normalized spacial score (nSPS) is 17.2. The molecule has 0 unspecified atom stereocenters. The molecule has 0 saturated carbocycles. The molecule has 170 valence electrons. The highest BCUT2D eigenvalue weighted by atomic mass is 35.5. The summed E-state index contributed by atoms with van der Waals surface area (Å²) in [6.07, 6.45) is 1.96. The van der Waals surface area contributed by atoms with E-state index in [1.54, 1.807) is 12.1 Å². The fraction of sp³-hybridized carbons (Fsp3) is 0.296. The van der Waals surface area contributed by atoms with Gasteiger partial charge < -0.3 is 5.32 Å². The SMILES string of the molecule is Cc1ccc2c(c1)C1(CCN(Cc3cccc(Cl)c3)CC1)CN2C(=O)Nc1cccc(F)c1. The van der Waals surface area contributed by atoms with E-state index in [2.05, 4.69) is 35.3 Å². The first-order valence-corrected chi connectivity index (χ1v) is 11.7. The van der Waals surface area contributed by atoms with Crippen LogP contribution < -0.4 is 10.2 Å². The van der Waals surface area contributed by atoms with Gasteiger partial charge in [-0.3, -0.25) is 9.80 Å². The Morgan fingerprint density at radius 1 is 1.06 bits per heavy atom.